The van der Waals surface area contributed by atoms with Gasteiger partial charge in [0.2, 0.25) is 0 Å². The van der Waals surface area contributed by atoms with Crippen molar-refractivity contribution < 1.29 is 12.4 Å². The first-order valence-corrected chi connectivity index (χ1v) is 12.9. The van der Waals surface area contributed by atoms with Crippen molar-refractivity contribution in [3.63, 3.8) is 0 Å². The molecule has 0 rings (SSSR count). The van der Waals surface area contributed by atoms with E-state index in [1.165, 1.54) is 6.26 Å². The zero-order valence-corrected chi connectivity index (χ0v) is 15.9. The van der Waals surface area contributed by atoms with Gasteiger partial charge in [-0.2, -0.15) is 0 Å². The summed E-state index contributed by atoms with van der Waals surface area (Å²) in [4.78, 5) is 0. The molecule has 0 aromatic heterocycles. The predicted octanol–water partition coefficient (Wildman–Crippen LogP) is 4.85. The molecular weight excluding hydrogens is 291 g/mol. The normalized spacial score (nSPS) is 14.9. The molecule has 0 aliphatic rings. The number of hydrogen-bond acceptors (Lipinski definition) is 3. The van der Waals surface area contributed by atoms with E-state index in [0.717, 1.165) is 63.2 Å². The molecule has 0 heterocycles. The molecule has 5 heteroatoms. The van der Waals surface area contributed by atoms with Crippen LogP contribution in [0, 0.1) is 0 Å². The average Bonchev–Trinajstić information content (AvgIpc) is 2.39. The fourth-order valence-corrected chi connectivity index (χ4v) is 12.4. The summed E-state index contributed by atoms with van der Waals surface area (Å²) in [5.74, 6) is 0. The van der Waals surface area contributed by atoms with E-state index in [0.29, 0.717) is 0 Å². The topological polar surface area (TPSA) is 43.4 Å². The van der Waals surface area contributed by atoms with Gasteiger partial charge >= 0.3 is 126 Å². The van der Waals surface area contributed by atoms with Crippen LogP contribution >= 0.6 is 6.83 Å². The van der Waals surface area contributed by atoms with Gasteiger partial charge in [0.05, 0.1) is 0 Å². The van der Waals surface area contributed by atoms with Gasteiger partial charge in [-0.05, 0) is 0 Å². The summed E-state index contributed by atoms with van der Waals surface area (Å²) in [6.45, 7) is 6.05. The summed E-state index contributed by atoms with van der Waals surface area (Å²) in [6, 6.07) is 0. The second-order valence-electron chi connectivity index (χ2n) is 6.18. The third-order valence-electron chi connectivity index (χ3n) is 4.38. The first-order valence-electron chi connectivity index (χ1n) is 8.18. The van der Waals surface area contributed by atoms with Crippen LogP contribution in [0.15, 0.2) is 0 Å². The van der Waals surface area contributed by atoms with E-state index in [2.05, 4.69) is 27.7 Å². The molecule has 0 aromatic rings. The van der Waals surface area contributed by atoms with E-state index < -0.39 is 16.9 Å². The fourth-order valence-electron chi connectivity index (χ4n) is 3.03. The molecule has 0 unspecified atom stereocenters. The molecule has 0 fully saturated rings. The van der Waals surface area contributed by atoms with E-state index in [1.54, 1.807) is 0 Å². The zero-order valence-electron chi connectivity index (χ0n) is 14.2. The maximum absolute atomic E-state index is 11.9. The molecule has 0 aromatic carbocycles. The van der Waals surface area contributed by atoms with Gasteiger partial charge in [0, 0.05) is 0 Å². The molecule has 0 spiro atoms. The Kier molecular flexibility index (Phi) is 8.85. The van der Waals surface area contributed by atoms with Crippen LogP contribution in [-0.2, 0) is 14.1 Å². The molecule has 0 radical (unpaired) electrons. The van der Waals surface area contributed by atoms with Crippen molar-refractivity contribution in [2.45, 2.75) is 66.2 Å². The van der Waals surface area contributed by atoms with Gasteiger partial charge < -0.3 is 0 Å². The van der Waals surface area contributed by atoms with Crippen molar-refractivity contribution in [3.8, 4) is 0 Å². The molecule has 0 bridgehead atoms. The van der Waals surface area contributed by atoms with Gasteiger partial charge in [-0.1, -0.05) is 0 Å². The first-order chi connectivity index (χ1) is 9.26. The molecule has 0 N–H and O–H groups in total. The van der Waals surface area contributed by atoms with Crippen LogP contribution in [0.1, 0.15) is 66.2 Å². The van der Waals surface area contributed by atoms with Crippen molar-refractivity contribution in [3.05, 3.63) is 0 Å². The van der Waals surface area contributed by atoms with Crippen LogP contribution in [-0.4, -0.2) is 39.3 Å². The van der Waals surface area contributed by atoms with Crippen LogP contribution in [0.2, 0.25) is 0 Å². The van der Waals surface area contributed by atoms with E-state index in [4.69, 9.17) is 3.97 Å². The maximum atomic E-state index is 11.9. The van der Waals surface area contributed by atoms with Crippen LogP contribution in [0.25, 0.3) is 0 Å². The van der Waals surface area contributed by atoms with Crippen molar-refractivity contribution in [1.29, 1.82) is 0 Å². The summed E-state index contributed by atoms with van der Waals surface area (Å²) >= 11 is 0. The second kappa shape index (κ2) is 8.70. The first kappa shape index (κ1) is 20.3. The Morgan fingerprint density at radius 1 is 0.800 bits per heavy atom. The van der Waals surface area contributed by atoms with Gasteiger partial charge in [0.25, 0.3) is 0 Å². The summed E-state index contributed by atoms with van der Waals surface area (Å²) < 4.78 is 29.8. The van der Waals surface area contributed by atoms with Crippen LogP contribution in [0.4, 0.5) is 0 Å². The Morgan fingerprint density at radius 3 is 1.35 bits per heavy atom. The van der Waals surface area contributed by atoms with Gasteiger partial charge in [0.1, 0.15) is 0 Å². The Hall–Kier alpha value is 0.340. The van der Waals surface area contributed by atoms with E-state index in [1.807, 2.05) is 0 Å². The predicted molar refractivity (Wildman–Crippen MR) is 92.7 cm³/mol. The molecule has 3 nitrogen and oxygen atoms in total. The minimum atomic E-state index is -3.39. The average molecular weight is 326 g/mol. The summed E-state index contributed by atoms with van der Waals surface area (Å²) in [5, 5.41) is 0. The molecule has 0 aliphatic carbocycles. The van der Waals surface area contributed by atoms with Crippen molar-refractivity contribution in [2.75, 3.05) is 30.9 Å². The standard InChI is InChI=1S/C15H35O3PS/c1-6-10-13-19(9-4,14-11-7-2,15-12-8-3)18-20(5,16)17/h6-15H2,1-5H3. The van der Waals surface area contributed by atoms with E-state index in [9.17, 15) is 8.42 Å². The SMILES string of the molecule is CCCCP(CC)(CCCC)(CCCC)OS(C)(=O)=O. The van der Waals surface area contributed by atoms with Crippen LogP contribution < -0.4 is 0 Å². The Labute approximate surface area is 127 Å². The third kappa shape index (κ3) is 6.41. The molecule has 0 atom stereocenters. The minimum absolute atomic E-state index is 0.901. The number of hydrogen-bond donors (Lipinski definition) is 0. The Balaban J connectivity index is 5.55. The molecule has 0 amide bonds. The number of unbranched alkanes of at least 4 members (excludes halogenated alkanes) is 3. The molecular formula is C15H35O3PS. The van der Waals surface area contributed by atoms with Gasteiger partial charge in [-0.15, -0.1) is 0 Å². The van der Waals surface area contributed by atoms with Gasteiger partial charge in [-0.3, -0.25) is 0 Å². The number of rotatable bonds is 12. The zero-order chi connectivity index (χ0) is 15.7. The molecule has 0 saturated heterocycles. The van der Waals surface area contributed by atoms with Crippen LogP contribution in [0.5, 0.6) is 0 Å². The van der Waals surface area contributed by atoms with Crippen molar-refractivity contribution in [2.24, 2.45) is 0 Å². The van der Waals surface area contributed by atoms with Crippen molar-refractivity contribution in [1.82, 2.24) is 0 Å². The van der Waals surface area contributed by atoms with Crippen LogP contribution in [0.3, 0.4) is 0 Å². The molecule has 124 valence electrons. The molecule has 0 aliphatic heterocycles. The molecule has 20 heavy (non-hydrogen) atoms. The summed E-state index contributed by atoms with van der Waals surface area (Å²) in [7, 11) is -3.39. The second-order valence-corrected chi connectivity index (χ2v) is 13.9. The summed E-state index contributed by atoms with van der Waals surface area (Å²) in [5.41, 5.74) is 0. The van der Waals surface area contributed by atoms with Gasteiger partial charge in [-0.25, -0.2) is 0 Å². The fraction of sp³-hybridized carbons (Fsp3) is 1.00. The Morgan fingerprint density at radius 2 is 1.15 bits per heavy atom. The van der Waals surface area contributed by atoms with Crippen molar-refractivity contribution >= 4 is 16.9 Å². The Bertz CT molecular complexity index is 341. The monoisotopic (exact) mass is 326 g/mol. The van der Waals surface area contributed by atoms with E-state index >= 15 is 0 Å². The molecule has 0 saturated carbocycles. The quantitative estimate of drug-likeness (QED) is 0.481. The van der Waals surface area contributed by atoms with Gasteiger partial charge in [0.15, 0.2) is 0 Å². The van der Waals surface area contributed by atoms with E-state index in [-0.39, 0.29) is 0 Å². The third-order valence-corrected chi connectivity index (χ3v) is 13.1. The summed E-state index contributed by atoms with van der Waals surface area (Å²) in [6.07, 6.45) is 11.6.